The fraction of sp³-hybridized carbons (Fsp3) is 0.833. The van der Waals surface area contributed by atoms with Gasteiger partial charge in [-0.2, -0.15) is 0 Å². The molecule has 0 saturated carbocycles. The summed E-state index contributed by atoms with van der Waals surface area (Å²) in [4.78, 5) is 26.1. The fourth-order valence-corrected chi connectivity index (χ4v) is 18.5. The van der Waals surface area contributed by atoms with Gasteiger partial charge in [0.05, 0.1) is 30.3 Å². The maximum Gasteiger partial charge on any atom is 0.308 e. The molecule has 1 fully saturated rings. The van der Waals surface area contributed by atoms with E-state index in [0.717, 1.165) is 72.8 Å². The highest BCUT2D eigenvalue weighted by Gasteiger charge is 2.51. The molecule has 2 rings (SSSR count). The van der Waals surface area contributed by atoms with E-state index in [1.807, 2.05) is 26.0 Å². The molecule has 6 unspecified atom stereocenters. The summed E-state index contributed by atoms with van der Waals surface area (Å²) in [5.74, 6) is -0.775. The van der Waals surface area contributed by atoms with Crippen molar-refractivity contribution in [3.05, 3.63) is 36.0 Å². The average molecular weight is 895 g/mol. The lowest BCUT2D eigenvalue weighted by Crippen LogP contribution is -2.46. The maximum absolute atomic E-state index is 13.9. The maximum atomic E-state index is 13.9. The third-order valence-corrected chi connectivity index (χ3v) is 28.8. The van der Waals surface area contributed by atoms with Crippen molar-refractivity contribution in [2.24, 2.45) is 11.8 Å². The highest BCUT2D eigenvalue weighted by molar-refractivity contribution is 6.74. The highest BCUT2D eigenvalue weighted by Crippen LogP contribution is 2.42. The van der Waals surface area contributed by atoms with E-state index in [1.54, 1.807) is 13.0 Å². The number of hydrogen-bond donors (Lipinski definition) is 1. The first-order chi connectivity index (χ1) is 28.2. The molecular weight excluding hydrogens is 805 g/mol. The van der Waals surface area contributed by atoms with Crippen LogP contribution in [0.2, 0.25) is 54.4 Å². The van der Waals surface area contributed by atoms with Crippen molar-refractivity contribution in [2.45, 2.75) is 245 Å². The number of allylic oxidation sites excluding steroid dienone is 2. The van der Waals surface area contributed by atoms with Crippen LogP contribution in [-0.2, 0) is 37.1 Å². The number of carbonyl (C=O) groups is 2. The average Bonchev–Trinajstić information content (AvgIpc) is 3.99. The largest absolute Gasteiger partial charge is 0.457 e. The van der Waals surface area contributed by atoms with Gasteiger partial charge in [0.15, 0.2) is 25.0 Å². The minimum Gasteiger partial charge on any atom is -0.457 e. The van der Waals surface area contributed by atoms with Gasteiger partial charge in [-0.15, -0.1) is 0 Å². The van der Waals surface area contributed by atoms with Gasteiger partial charge in [-0.05, 0) is 106 Å². The molecule has 2 heterocycles. The molecule has 12 heteroatoms. The second-order valence-corrected chi connectivity index (χ2v) is 32.8. The molecule has 60 heavy (non-hydrogen) atoms. The summed E-state index contributed by atoms with van der Waals surface area (Å²) in [6.45, 7) is 34.0. The summed E-state index contributed by atoms with van der Waals surface area (Å²) in [5.41, 5.74) is -1.04. The lowest BCUT2D eigenvalue weighted by atomic mass is 9.88. The predicted octanol–water partition coefficient (Wildman–Crippen LogP) is 12.2. The van der Waals surface area contributed by atoms with E-state index < -0.39 is 60.4 Å². The molecule has 2 aliphatic heterocycles. The van der Waals surface area contributed by atoms with E-state index in [9.17, 15) is 14.7 Å². The monoisotopic (exact) mass is 895 g/mol. The molecule has 1 saturated heterocycles. The van der Waals surface area contributed by atoms with E-state index in [1.165, 1.54) is 6.92 Å². The summed E-state index contributed by atoms with van der Waals surface area (Å²) in [5, 5.41) is 11.7. The zero-order valence-electron chi connectivity index (χ0n) is 41.1. The minimum absolute atomic E-state index is 0.0838. The highest BCUT2D eigenvalue weighted by atomic mass is 28.4. The Balaban J connectivity index is 2.52. The normalized spacial score (nSPS) is 28.4. The van der Waals surface area contributed by atoms with E-state index in [2.05, 4.69) is 95.2 Å². The molecule has 9 nitrogen and oxygen atoms in total. The van der Waals surface area contributed by atoms with Crippen LogP contribution in [0, 0.1) is 11.8 Å². The Morgan fingerprint density at radius 3 is 1.97 bits per heavy atom. The number of aliphatic hydroxyl groups is 1. The first-order valence-electron chi connectivity index (χ1n) is 24.0. The number of hydrogen-bond acceptors (Lipinski definition) is 9. The van der Waals surface area contributed by atoms with Crippen LogP contribution in [0.5, 0.6) is 0 Å². The van der Waals surface area contributed by atoms with Crippen LogP contribution in [0.25, 0.3) is 0 Å². The molecule has 0 spiro atoms. The second kappa shape index (κ2) is 24.6. The third-order valence-electron chi connectivity index (χ3n) is 14.7. The van der Waals surface area contributed by atoms with Crippen LogP contribution >= 0.6 is 0 Å². The summed E-state index contributed by atoms with van der Waals surface area (Å²) < 4.78 is 39.8. The van der Waals surface area contributed by atoms with Gasteiger partial charge in [-0.25, -0.2) is 0 Å². The van der Waals surface area contributed by atoms with E-state index in [0.29, 0.717) is 18.8 Å². The van der Waals surface area contributed by atoms with Crippen LogP contribution in [0.4, 0.5) is 0 Å². The number of ether oxygens (including phenoxy) is 3. The molecule has 0 radical (unpaired) electrons. The smallest absolute Gasteiger partial charge is 0.308 e. The van der Waals surface area contributed by atoms with Crippen LogP contribution in [0.15, 0.2) is 36.0 Å². The van der Waals surface area contributed by atoms with Gasteiger partial charge in [0.25, 0.3) is 0 Å². The zero-order valence-corrected chi connectivity index (χ0v) is 44.1. The summed E-state index contributed by atoms with van der Waals surface area (Å²) in [7, 11) is -5.90. The van der Waals surface area contributed by atoms with Gasteiger partial charge in [0, 0.05) is 31.3 Å². The number of esters is 2. The lowest BCUT2D eigenvalue weighted by molar-refractivity contribution is -0.157. The van der Waals surface area contributed by atoms with Gasteiger partial charge in [0.1, 0.15) is 17.8 Å². The van der Waals surface area contributed by atoms with Crippen LogP contribution in [0.1, 0.15) is 143 Å². The number of rotatable bonds is 24. The van der Waals surface area contributed by atoms with Crippen LogP contribution < -0.4 is 0 Å². The Morgan fingerprint density at radius 2 is 1.47 bits per heavy atom. The molecule has 0 aromatic heterocycles. The molecule has 0 aromatic carbocycles. The molecule has 0 aromatic rings. The van der Waals surface area contributed by atoms with Crippen molar-refractivity contribution >= 4 is 36.9 Å². The number of carbonyl (C=O) groups excluding carboxylic acids is 2. The first-order valence-corrected chi connectivity index (χ1v) is 31.6. The first kappa shape index (κ1) is 54.7. The van der Waals surface area contributed by atoms with Crippen molar-refractivity contribution in [1.29, 1.82) is 0 Å². The van der Waals surface area contributed by atoms with E-state index >= 15 is 0 Å². The topological polar surface area (TPSA) is 113 Å². The van der Waals surface area contributed by atoms with E-state index in [4.69, 9.17) is 27.5 Å². The summed E-state index contributed by atoms with van der Waals surface area (Å²) >= 11 is 0. The Kier molecular flexibility index (Phi) is 22.5. The molecule has 10 atom stereocenters. The van der Waals surface area contributed by atoms with Gasteiger partial charge in [-0.3, -0.25) is 9.59 Å². The van der Waals surface area contributed by atoms with Crippen LogP contribution in [0.3, 0.4) is 0 Å². The molecule has 0 aliphatic carbocycles. The van der Waals surface area contributed by atoms with Crippen molar-refractivity contribution in [2.75, 3.05) is 0 Å². The third kappa shape index (κ3) is 15.4. The van der Waals surface area contributed by atoms with Gasteiger partial charge < -0.3 is 32.6 Å². The van der Waals surface area contributed by atoms with E-state index in [-0.39, 0.29) is 36.6 Å². The minimum atomic E-state index is -2.10. The standard InChI is InChI=1S/C48H90O9Si3/c1-17-41(56-59(21-5,22-6)23-7)38(13)46-42(53-46)35-47(15,57-60(24-8,25-9)26-10)32-27-28-36(11)45-37(12)29-30-43(52-39(14)49)48(16,51)33-31-40(34-44(50)54-45)55-58(18-2,19-3)20-4/h27-30,32,37-38,40-43,45-46,51H,17-26,31,33-35H2,1-16H3/b30-29?,32-27+,36-28+/t37?,38-,40?,41+,42+,43?,45?,46+,47?,48?/m1/s1. The van der Waals surface area contributed by atoms with Gasteiger partial charge in [0.2, 0.25) is 0 Å². The van der Waals surface area contributed by atoms with Crippen molar-refractivity contribution in [3.63, 3.8) is 0 Å². The number of cyclic esters (lactones) is 1. The molecule has 0 bridgehead atoms. The van der Waals surface area contributed by atoms with Crippen molar-refractivity contribution in [3.8, 4) is 0 Å². The van der Waals surface area contributed by atoms with Crippen molar-refractivity contribution in [1.82, 2.24) is 0 Å². The van der Waals surface area contributed by atoms with Gasteiger partial charge >= 0.3 is 11.9 Å². The SMILES string of the molecule is CC[C@H](O[Si](CC)(CC)CC)[C@@H](C)[C@@H]1O[C@H]1CC(C)(/C=C/C=C(\C)C1OC(=O)CC(O[Si](CC)(CC)CC)CCC(C)(O)C(OC(C)=O)C=CC1C)O[Si](CC)(CC)CC. The summed E-state index contributed by atoms with van der Waals surface area (Å²) in [6.07, 6.45) is 11.0. The number of epoxide rings is 1. The quantitative estimate of drug-likeness (QED) is 0.0333. The molecule has 0 amide bonds. The predicted molar refractivity (Wildman–Crippen MR) is 255 cm³/mol. The molecular formula is C48H90O9Si3. The van der Waals surface area contributed by atoms with Crippen molar-refractivity contribution < 1.29 is 42.2 Å². The Labute approximate surface area is 370 Å². The fourth-order valence-electron chi connectivity index (χ4n) is 9.45. The Hall–Kier alpha value is -1.39. The van der Waals surface area contributed by atoms with Crippen LogP contribution in [-0.4, -0.2) is 89.8 Å². The molecule has 1 N–H and O–H groups in total. The lowest BCUT2D eigenvalue weighted by Gasteiger charge is -2.39. The Bertz CT molecular complexity index is 1380. The zero-order chi connectivity index (χ0) is 45.5. The van der Waals surface area contributed by atoms with Gasteiger partial charge in [-0.1, -0.05) is 107 Å². The molecule has 348 valence electrons. The second-order valence-electron chi connectivity index (χ2n) is 18.7. The molecule has 2 aliphatic rings. The Morgan fingerprint density at radius 1 is 0.917 bits per heavy atom. The summed E-state index contributed by atoms with van der Waals surface area (Å²) in [6, 6.07) is 9.36.